The van der Waals surface area contributed by atoms with Crippen molar-refractivity contribution >= 4 is 39.5 Å². The maximum absolute atomic E-state index is 13.1. The van der Waals surface area contributed by atoms with Gasteiger partial charge in [0.15, 0.2) is 12.2 Å². The zero-order valence-electron chi connectivity index (χ0n) is 64.8. The molecule has 0 fully saturated rings. The fraction of sp³-hybridized carbons (Fsp3) is 0.540. The van der Waals surface area contributed by atoms with Crippen molar-refractivity contribution in [3.63, 3.8) is 0 Å². The number of phosphoric acid groups is 2. The highest BCUT2D eigenvalue weighted by Gasteiger charge is 2.30. The van der Waals surface area contributed by atoms with Crippen LogP contribution in [0.3, 0.4) is 0 Å². The van der Waals surface area contributed by atoms with E-state index in [-0.39, 0.29) is 25.7 Å². The minimum atomic E-state index is -5.04. The van der Waals surface area contributed by atoms with Gasteiger partial charge in [0.1, 0.15) is 19.3 Å². The van der Waals surface area contributed by atoms with Gasteiger partial charge in [-0.05, 0) is 154 Å². The highest BCUT2D eigenvalue weighted by molar-refractivity contribution is 7.47. The summed E-state index contributed by atoms with van der Waals surface area (Å²) in [5.41, 5.74) is 0. The summed E-state index contributed by atoms with van der Waals surface area (Å²) in [6, 6.07) is 0. The van der Waals surface area contributed by atoms with Gasteiger partial charge >= 0.3 is 39.5 Å². The minimum absolute atomic E-state index is 0.000843. The predicted octanol–water partition coefficient (Wildman–Crippen LogP) is 22.9. The van der Waals surface area contributed by atoms with E-state index in [1.54, 1.807) is 24.3 Å². The van der Waals surface area contributed by atoms with Gasteiger partial charge in [-0.2, -0.15) is 0 Å². The van der Waals surface area contributed by atoms with Crippen molar-refractivity contribution in [1.29, 1.82) is 0 Å². The molecule has 17 nitrogen and oxygen atoms in total. The largest absolute Gasteiger partial charge is 0.472 e. The van der Waals surface area contributed by atoms with E-state index in [2.05, 4.69) is 186 Å². The topological polar surface area (TPSA) is 237 Å². The Morgan fingerprint density at radius 3 is 0.906 bits per heavy atom. The molecular weight excluding hydrogens is 1380 g/mol. The smallest absolute Gasteiger partial charge is 0.462 e. The first kappa shape index (κ1) is 99.4. The normalized spacial score (nSPS) is 15.0. The molecule has 3 N–H and O–H groups in total. The van der Waals surface area contributed by atoms with Gasteiger partial charge in [0, 0.05) is 12.8 Å². The molecule has 0 aromatic rings. The number of carbonyl (C=O) groups is 4. The lowest BCUT2D eigenvalue weighted by atomic mass is 10.1. The molecule has 0 amide bonds. The summed E-state index contributed by atoms with van der Waals surface area (Å²) in [6.45, 7) is 4.14. The summed E-state index contributed by atoms with van der Waals surface area (Å²) in [5.74, 6) is -2.59. The van der Waals surface area contributed by atoms with Crippen molar-refractivity contribution in [3.8, 4) is 0 Å². The standard InChI is InChI=1S/C87H134O17P2/c1-5-9-13-17-21-25-29-33-37-39-40-42-45-48-52-56-60-64-68-72-85(90)98-78-83(104-87(92)74-70-66-62-58-54-50-46-41-38-34-30-26-22-18-14-10-6-2)80-102-106(95,96)100-76-81(88)75-99-105(93,94)101-79-82(103-86(91)73-69-65-61-57-53-49-44-36-32-28-24-20-16-12-8-4)77-97-84(89)71-67-63-59-55-51-47-43-35-31-27-23-19-15-11-7-3/h10-12,14-16,21-28,33-38,40,42-44,46,50-51,53,55,57-58,62-63,65,67,69,81-83,88H,5-9,13,17-20,29-32,39,41,45,47-49,52,54,56,59-61,64,66,68,70-80H2,1-4H3,(H,93,94)(H,95,96)/b14-10-,15-11-,16-12-,25-21-,26-22-,27-23-,28-24-,37-33-,38-34-,42-40-,43-35-,44-36-,50-46-,55-51-,57-53-,62-58-,67-63-,69-65-. The Kier molecular flexibility index (Phi) is 71.8. The zero-order valence-corrected chi connectivity index (χ0v) is 66.5. The molecule has 0 aliphatic heterocycles. The molecule has 0 heterocycles. The summed E-state index contributed by atoms with van der Waals surface area (Å²) in [4.78, 5) is 72.8. The number of hydrogen-bond acceptors (Lipinski definition) is 15. The molecule has 0 radical (unpaired) electrons. The van der Waals surface area contributed by atoms with Crippen molar-refractivity contribution in [1.82, 2.24) is 0 Å². The number of phosphoric ester groups is 2. The second-order valence-corrected chi connectivity index (χ2v) is 27.7. The highest BCUT2D eigenvalue weighted by Crippen LogP contribution is 2.45. The van der Waals surface area contributed by atoms with Gasteiger partial charge in [-0.25, -0.2) is 9.13 Å². The molecule has 594 valence electrons. The fourth-order valence-corrected chi connectivity index (χ4v) is 10.8. The second kappa shape index (κ2) is 76.6. The lowest BCUT2D eigenvalue weighted by Crippen LogP contribution is -2.30. The first-order valence-electron chi connectivity index (χ1n) is 39.0. The Labute approximate surface area is 639 Å². The Balaban J connectivity index is 5.58. The Bertz CT molecular complexity index is 2880. The summed E-state index contributed by atoms with van der Waals surface area (Å²) in [7, 11) is -10.1. The van der Waals surface area contributed by atoms with Gasteiger partial charge in [0.2, 0.25) is 0 Å². The summed E-state index contributed by atoms with van der Waals surface area (Å²) < 4.78 is 68.2. The van der Waals surface area contributed by atoms with Gasteiger partial charge in [-0.15, -0.1) is 0 Å². The molecular formula is C87H134O17P2. The number of allylic oxidation sites excluding steroid dienone is 34. The molecule has 0 spiro atoms. The SMILES string of the molecule is CC/C=C\C/C=C\C/C=C\C/C=C\C/C=C\CCCC(=O)OC(COC(=O)CCCCCCCC/C=C\C/C=C\C/C=C\CCCCC)COP(=O)(O)OCC(O)COP(=O)(O)OCC(COC(=O)C/C=C\C/C=C\C/C=C\C/C=C\C/C=C\CC)OC(=O)C/C=C\C/C=C\C/C=C\C/C=C\C/C=C\CC. The van der Waals surface area contributed by atoms with Crippen molar-refractivity contribution in [3.05, 3.63) is 219 Å². The number of aliphatic hydroxyl groups excluding tert-OH is 1. The predicted molar refractivity (Wildman–Crippen MR) is 435 cm³/mol. The Hall–Kier alpha value is -6.62. The maximum atomic E-state index is 13.1. The first-order valence-corrected chi connectivity index (χ1v) is 42.0. The van der Waals surface area contributed by atoms with Crippen LogP contribution in [0.5, 0.6) is 0 Å². The number of esters is 4. The van der Waals surface area contributed by atoms with Crippen LogP contribution in [-0.4, -0.2) is 96.7 Å². The van der Waals surface area contributed by atoms with Gasteiger partial charge in [0.05, 0.1) is 39.3 Å². The van der Waals surface area contributed by atoms with E-state index < -0.39 is 97.5 Å². The monoisotopic (exact) mass is 1510 g/mol. The molecule has 0 bridgehead atoms. The van der Waals surface area contributed by atoms with Crippen molar-refractivity contribution in [2.24, 2.45) is 0 Å². The van der Waals surface area contributed by atoms with Gasteiger partial charge in [-0.1, -0.05) is 285 Å². The third kappa shape index (κ3) is 75.6. The van der Waals surface area contributed by atoms with E-state index in [1.165, 1.54) is 19.3 Å². The summed E-state index contributed by atoms with van der Waals surface area (Å²) in [5, 5.41) is 10.6. The minimum Gasteiger partial charge on any atom is -0.462 e. The number of aliphatic hydroxyl groups is 1. The molecule has 0 aromatic heterocycles. The fourth-order valence-electron chi connectivity index (χ4n) is 9.17. The number of ether oxygens (including phenoxy) is 4. The highest BCUT2D eigenvalue weighted by atomic mass is 31.2. The summed E-state index contributed by atoms with van der Waals surface area (Å²) in [6.07, 6.45) is 97.1. The van der Waals surface area contributed by atoms with Gasteiger partial charge < -0.3 is 33.8 Å². The van der Waals surface area contributed by atoms with E-state index in [0.29, 0.717) is 32.1 Å². The van der Waals surface area contributed by atoms with Gasteiger partial charge in [0.25, 0.3) is 0 Å². The molecule has 5 atom stereocenters. The Morgan fingerprint density at radius 1 is 0.283 bits per heavy atom. The second-order valence-electron chi connectivity index (χ2n) is 24.8. The average Bonchev–Trinajstić information content (AvgIpc) is 0.907. The molecule has 0 aliphatic rings. The lowest BCUT2D eigenvalue weighted by molar-refractivity contribution is -0.161. The van der Waals surface area contributed by atoms with Crippen LogP contribution in [0.15, 0.2) is 219 Å². The van der Waals surface area contributed by atoms with Crippen LogP contribution in [0.1, 0.15) is 246 Å². The van der Waals surface area contributed by atoms with Crippen LogP contribution in [0.4, 0.5) is 0 Å². The third-order valence-corrected chi connectivity index (χ3v) is 16.9. The van der Waals surface area contributed by atoms with Gasteiger partial charge in [-0.3, -0.25) is 37.3 Å². The van der Waals surface area contributed by atoms with Crippen molar-refractivity contribution in [2.45, 2.75) is 264 Å². The van der Waals surface area contributed by atoms with Crippen molar-refractivity contribution in [2.75, 3.05) is 39.6 Å². The molecule has 0 saturated heterocycles. The molecule has 0 aliphatic carbocycles. The maximum Gasteiger partial charge on any atom is 0.472 e. The van der Waals surface area contributed by atoms with Crippen LogP contribution < -0.4 is 0 Å². The van der Waals surface area contributed by atoms with E-state index in [1.807, 2.05) is 36.5 Å². The van der Waals surface area contributed by atoms with Crippen LogP contribution in [0.25, 0.3) is 0 Å². The molecule has 0 saturated carbocycles. The third-order valence-electron chi connectivity index (χ3n) is 15.0. The van der Waals surface area contributed by atoms with Crippen LogP contribution in [0.2, 0.25) is 0 Å². The Morgan fingerprint density at radius 2 is 0.547 bits per heavy atom. The number of rotatable bonds is 70. The zero-order chi connectivity index (χ0) is 77.4. The van der Waals surface area contributed by atoms with Crippen LogP contribution in [0, 0.1) is 0 Å². The van der Waals surface area contributed by atoms with Crippen LogP contribution in [-0.2, 0) is 65.4 Å². The van der Waals surface area contributed by atoms with E-state index in [0.717, 1.165) is 141 Å². The molecule has 0 aromatic carbocycles. The van der Waals surface area contributed by atoms with Crippen LogP contribution >= 0.6 is 15.6 Å². The number of carbonyl (C=O) groups excluding carboxylic acids is 4. The lowest BCUT2D eigenvalue weighted by Gasteiger charge is -2.21. The number of hydrogen-bond donors (Lipinski definition) is 3. The molecule has 106 heavy (non-hydrogen) atoms. The van der Waals surface area contributed by atoms with E-state index in [9.17, 15) is 43.2 Å². The molecule has 19 heteroatoms. The van der Waals surface area contributed by atoms with E-state index in [4.69, 9.17) is 37.0 Å². The number of unbranched alkanes of at least 4 members (excludes halogenated alkanes) is 10. The quantitative estimate of drug-likeness (QED) is 0.0169. The molecule has 5 unspecified atom stereocenters. The molecule has 0 rings (SSSR count). The summed E-state index contributed by atoms with van der Waals surface area (Å²) >= 11 is 0. The van der Waals surface area contributed by atoms with Crippen molar-refractivity contribution < 1.29 is 80.2 Å². The average molecular weight is 1510 g/mol. The van der Waals surface area contributed by atoms with E-state index >= 15 is 0 Å². The first-order chi connectivity index (χ1) is 51.7.